The molecule has 8 heteroatoms. The van der Waals surface area contributed by atoms with Crippen LogP contribution in [0, 0.1) is 0 Å². The molecular weight excluding hydrogens is 440 g/mol. The number of sulfone groups is 1. The maximum Gasteiger partial charge on any atom is 0.181 e. The molecule has 6 nitrogen and oxygen atoms in total. The molecule has 0 aliphatic rings. The van der Waals surface area contributed by atoms with Gasteiger partial charge in [0.2, 0.25) is 0 Å². The van der Waals surface area contributed by atoms with Gasteiger partial charge in [-0.05, 0) is 47.5 Å². The van der Waals surface area contributed by atoms with Gasteiger partial charge in [-0.3, -0.25) is 0 Å². The monoisotopic (exact) mass is 462 g/mol. The molecular formula is C23H23ClO6S. The van der Waals surface area contributed by atoms with Crippen molar-refractivity contribution in [2.45, 2.75) is 18.1 Å². The maximum atomic E-state index is 12.1. The summed E-state index contributed by atoms with van der Waals surface area (Å²) in [5.41, 5.74) is 1.77. The van der Waals surface area contributed by atoms with Crippen LogP contribution < -0.4 is 18.9 Å². The van der Waals surface area contributed by atoms with Gasteiger partial charge >= 0.3 is 0 Å². The minimum Gasteiger partial charge on any atom is -0.497 e. The molecule has 3 aromatic carbocycles. The van der Waals surface area contributed by atoms with Crippen LogP contribution in [0.4, 0.5) is 0 Å². The van der Waals surface area contributed by atoms with Crippen LogP contribution in [0.2, 0.25) is 5.02 Å². The Morgan fingerprint density at radius 2 is 1.23 bits per heavy atom. The Kier molecular flexibility index (Phi) is 7.30. The molecule has 0 N–H and O–H groups in total. The number of ether oxygens (including phenoxy) is 4. The van der Waals surface area contributed by atoms with E-state index in [0.717, 1.165) is 28.9 Å². The second-order valence-electron chi connectivity index (χ2n) is 6.75. The van der Waals surface area contributed by atoms with Crippen molar-refractivity contribution < 1.29 is 27.4 Å². The highest BCUT2D eigenvalue weighted by atomic mass is 35.5. The van der Waals surface area contributed by atoms with E-state index in [-0.39, 0.29) is 28.9 Å². The summed E-state index contributed by atoms with van der Waals surface area (Å²) in [4.78, 5) is -0.0179. The lowest BCUT2D eigenvalue weighted by atomic mass is 10.2. The Balaban J connectivity index is 1.85. The molecule has 0 heterocycles. The number of methoxy groups -OCH3 is 2. The van der Waals surface area contributed by atoms with E-state index in [9.17, 15) is 8.42 Å². The average Bonchev–Trinajstić information content (AvgIpc) is 2.76. The fourth-order valence-electron chi connectivity index (χ4n) is 2.81. The third-order valence-electron chi connectivity index (χ3n) is 4.52. The van der Waals surface area contributed by atoms with Crippen molar-refractivity contribution in [2.24, 2.45) is 0 Å². The summed E-state index contributed by atoms with van der Waals surface area (Å²) in [5, 5.41) is -0.0109. The standard InChI is InChI=1S/C23H23ClO6S/c1-27-18-8-4-16(5-9-18)14-29-20-12-13-21(31(3,25)26)22(24)23(20)30-15-17-6-10-19(28-2)11-7-17/h4-13H,14-15H2,1-3H3. The molecule has 0 saturated carbocycles. The number of benzene rings is 3. The number of hydrogen-bond acceptors (Lipinski definition) is 6. The van der Waals surface area contributed by atoms with Crippen molar-refractivity contribution >= 4 is 21.4 Å². The van der Waals surface area contributed by atoms with Crippen molar-refractivity contribution in [1.82, 2.24) is 0 Å². The van der Waals surface area contributed by atoms with E-state index in [1.54, 1.807) is 20.3 Å². The molecule has 31 heavy (non-hydrogen) atoms. The highest BCUT2D eigenvalue weighted by molar-refractivity contribution is 7.90. The zero-order valence-corrected chi connectivity index (χ0v) is 19.0. The van der Waals surface area contributed by atoms with Crippen LogP contribution in [0.5, 0.6) is 23.0 Å². The molecule has 0 atom stereocenters. The second kappa shape index (κ2) is 9.94. The summed E-state index contributed by atoms with van der Waals surface area (Å²) < 4.78 is 46.3. The quantitative estimate of drug-likeness (QED) is 0.449. The Bertz CT molecular complexity index is 1130. The number of rotatable bonds is 9. The lowest BCUT2D eigenvalue weighted by molar-refractivity contribution is 0.255. The third kappa shape index (κ3) is 5.83. The van der Waals surface area contributed by atoms with Crippen LogP contribution in [0.15, 0.2) is 65.6 Å². The molecule has 3 aromatic rings. The third-order valence-corrected chi connectivity index (χ3v) is 6.15. The summed E-state index contributed by atoms with van der Waals surface area (Å²) in [6.45, 7) is 0.424. The summed E-state index contributed by atoms with van der Waals surface area (Å²) in [6, 6.07) is 17.7. The first-order valence-electron chi connectivity index (χ1n) is 9.36. The minimum absolute atomic E-state index is 0.0109. The Morgan fingerprint density at radius 3 is 1.68 bits per heavy atom. The average molecular weight is 463 g/mol. The first-order valence-corrected chi connectivity index (χ1v) is 11.6. The van der Waals surface area contributed by atoms with Gasteiger partial charge in [0.05, 0.1) is 19.1 Å². The Labute approximate surface area is 187 Å². The molecule has 0 amide bonds. The molecule has 0 aliphatic heterocycles. The van der Waals surface area contributed by atoms with E-state index in [4.69, 9.17) is 30.5 Å². The molecule has 0 aromatic heterocycles. The van der Waals surface area contributed by atoms with Gasteiger partial charge in [-0.2, -0.15) is 0 Å². The van der Waals surface area contributed by atoms with Crippen LogP contribution in [0.3, 0.4) is 0 Å². The van der Waals surface area contributed by atoms with E-state index in [0.29, 0.717) is 5.75 Å². The topological polar surface area (TPSA) is 71.1 Å². The summed E-state index contributed by atoms with van der Waals surface area (Å²) in [7, 11) is -0.345. The minimum atomic E-state index is -3.54. The van der Waals surface area contributed by atoms with E-state index >= 15 is 0 Å². The smallest absolute Gasteiger partial charge is 0.181 e. The zero-order valence-electron chi connectivity index (χ0n) is 17.4. The molecule has 0 saturated heterocycles. The molecule has 0 bridgehead atoms. The fourth-order valence-corrected chi connectivity index (χ4v) is 4.18. The maximum absolute atomic E-state index is 12.1. The molecule has 0 unspecified atom stereocenters. The highest BCUT2D eigenvalue weighted by Gasteiger charge is 2.21. The SMILES string of the molecule is COc1ccc(COc2ccc(S(C)(=O)=O)c(Cl)c2OCc2ccc(OC)cc2)cc1. The number of hydrogen-bond donors (Lipinski definition) is 0. The van der Waals surface area contributed by atoms with Gasteiger partial charge in [0.15, 0.2) is 21.3 Å². The highest BCUT2D eigenvalue weighted by Crippen LogP contribution is 2.40. The van der Waals surface area contributed by atoms with Crippen LogP contribution in [0.25, 0.3) is 0 Å². The van der Waals surface area contributed by atoms with E-state index < -0.39 is 9.84 Å². The Morgan fingerprint density at radius 1 is 0.742 bits per heavy atom. The lowest BCUT2D eigenvalue weighted by Gasteiger charge is -2.16. The normalized spacial score (nSPS) is 11.1. The van der Waals surface area contributed by atoms with Crippen LogP contribution >= 0.6 is 11.6 Å². The van der Waals surface area contributed by atoms with Crippen LogP contribution in [-0.2, 0) is 23.1 Å². The largest absolute Gasteiger partial charge is 0.497 e. The van der Waals surface area contributed by atoms with Gasteiger partial charge in [-0.15, -0.1) is 0 Å². The van der Waals surface area contributed by atoms with E-state index in [1.165, 1.54) is 6.07 Å². The molecule has 0 fully saturated rings. The van der Waals surface area contributed by atoms with Crippen molar-refractivity contribution in [3.8, 4) is 23.0 Å². The van der Waals surface area contributed by atoms with E-state index in [1.807, 2.05) is 48.5 Å². The second-order valence-corrected chi connectivity index (χ2v) is 9.11. The predicted octanol–water partition coefficient (Wildman–Crippen LogP) is 4.92. The van der Waals surface area contributed by atoms with Gasteiger partial charge in [-0.25, -0.2) is 8.42 Å². The summed E-state index contributed by atoms with van der Waals surface area (Å²) in [5.74, 6) is 1.99. The van der Waals surface area contributed by atoms with Gasteiger partial charge in [0.1, 0.15) is 29.7 Å². The molecule has 0 aliphatic carbocycles. The lowest BCUT2D eigenvalue weighted by Crippen LogP contribution is -2.05. The van der Waals surface area contributed by atoms with Gasteiger partial charge in [0.25, 0.3) is 0 Å². The first-order chi connectivity index (χ1) is 14.8. The molecule has 164 valence electrons. The van der Waals surface area contributed by atoms with Crippen LogP contribution in [0.1, 0.15) is 11.1 Å². The van der Waals surface area contributed by atoms with Crippen LogP contribution in [-0.4, -0.2) is 28.9 Å². The number of halogens is 1. The van der Waals surface area contributed by atoms with Gasteiger partial charge in [-0.1, -0.05) is 35.9 Å². The predicted molar refractivity (Wildman–Crippen MR) is 119 cm³/mol. The van der Waals surface area contributed by atoms with Crippen molar-refractivity contribution in [3.05, 3.63) is 76.8 Å². The summed E-state index contributed by atoms with van der Waals surface area (Å²) >= 11 is 6.41. The summed E-state index contributed by atoms with van der Waals surface area (Å²) in [6.07, 6.45) is 1.10. The molecule has 3 rings (SSSR count). The van der Waals surface area contributed by atoms with Gasteiger partial charge < -0.3 is 18.9 Å². The Hall–Kier alpha value is -2.90. The molecule has 0 radical (unpaired) electrons. The van der Waals surface area contributed by atoms with Crippen molar-refractivity contribution in [3.63, 3.8) is 0 Å². The molecule has 0 spiro atoms. The van der Waals surface area contributed by atoms with Crippen molar-refractivity contribution in [2.75, 3.05) is 20.5 Å². The zero-order chi connectivity index (χ0) is 22.4. The van der Waals surface area contributed by atoms with E-state index in [2.05, 4.69) is 0 Å². The first kappa shape index (κ1) is 22.8. The van der Waals surface area contributed by atoms with Crippen molar-refractivity contribution in [1.29, 1.82) is 0 Å². The fraction of sp³-hybridized carbons (Fsp3) is 0.217. The van der Waals surface area contributed by atoms with Gasteiger partial charge in [0, 0.05) is 6.26 Å².